The fraction of sp³-hybridized carbons (Fsp3) is 0.300. The first-order valence-corrected chi connectivity index (χ1v) is 5.35. The SMILES string of the molecule is Cc1c(CCN)nc2c(Br)cccn12. The molecule has 0 spiro atoms. The molecule has 2 aromatic heterocycles. The number of fused-ring (bicyclic) bond motifs is 1. The second kappa shape index (κ2) is 3.71. The molecule has 0 aliphatic heterocycles. The van der Waals surface area contributed by atoms with Crippen LogP contribution in [0.2, 0.25) is 0 Å². The minimum atomic E-state index is 0.641. The molecule has 0 saturated carbocycles. The maximum absolute atomic E-state index is 5.53. The van der Waals surface area contributed by atoms with Gasteiger partial charge in [0.15, 0.2) is 5.65 Å². The molecule has 0 fully saturated rings. The van der Waals surface area contributed by atoms with Gasteiger partial charge in [0.05, 0.1) is 10.2 Å². The molecule has 4 heteroatoms. The van der Waals surface area contributed by atoms with Gasteiger partial charge in [-0.1, -0.05) is 0 Å². The van der Waals surface area contributed by atoms with Crippen LogP contribution in [0.3, 0.4) is 0 Å². The van der Waals surface area contributed by atoms with Crippen molar-refractivity contribution < 1.29 is 0 Å². The number of hydrogen-bond donors (Lipinski definition) is 1. The number of rotatable bonds is 2. The number of imidazole rings is 1. The Kier molecular flexibility index (Phi) is 2.56. The number of nitrogens with two attached hydrogens (primary N) is 1. The average molecular weight is 254 g/mol. The number of aromatic nitrogens is 2. The minimum absolute atomic E-state index is 0.641. The number of halogens is 1. The molecular weight excluding hydrogens is 242 g/mol. The molecule has 0 bridgehead atoms. The Bertz CT molecular complexity index is 462. The van der Waals surface area contributed by atoms with E-state index in [0.717, 1.165) is 22.2 Å². The van der Waals surface area contributed by atoms with Crippen LogP contribution in [-0.4, -0.2) is 15.9 Å². The van der Waals surface area contributed by atoms with E-state index >= 15 is 0 Å². The molecular formula is C10H12BrN3. The first-order valence-electron chi connectivity index (χ1n) is 4.56. The van der Waals surface area contributed by atoms with Crippen LogP contribution in [0.5, 0.6) is 0 Å². The fourth-order valence-corrected chi connectivity index (χ4v) is 2.01. The lowest BCUT2D eigenvalue weighted by atomic mass is 10.2. The average Bonchev–Trinajstić information content (AvgIpc) is 2.48. The van der Waals surface area contributed by atoms with Crippen molar-refractivity contribution in [2.24, 2.45) is 5.73 Å². The lowest BCUT2D eigenvalue weighted by Gasteiger charge is -1.97. The van der Waals surface area contributed by atoms with Crippen molar-refractivity contribution in [3.63, 3.8) is 0 Å². The van der Waals surface area contributed by atoms with E-state index in [1.54, 1.807) is 0 Å². The van der Waals surface area contributed by atoms with Crippen LogP contribution in [0.1, 0.15) is 11.4 Å². The van der Waals surface area contributed by atoms with Gasteiger partial charge < -0.3 is 10.1 Å². The summed E-state index contributed by atoms with van der Waals surface area (Å²) in [6.45, 7) is 2.71. The van der Waals surface area contributed by atoms with E-state index in [4.69, 9.17) is 5.73 Å². The Morgan fingerprint density at radius 1 is 1.57 bits per heavy atom. The minimum Gasteiger partial charge on any atom is -0.330 e. The lowest BCUT2D eigenvalue weighted by Crippen LogP contribution is -2.04. The third-order valence-corrected chi connectivity index (χ3v) is 2.94. The first kappa shape index (κ1) is 9.68. The van der Waals surface area contributed by atoms with Crippen molar-refractivity contribution in [1.82, 2.24) is 9.38 Å². The first-order chi connectivity index (χ1) is 6.74. The van der Waals surface area contributed by atoms with Crippen LogP contribution in [0.25, 0.3) is 5.65 Å². The zero-order valence-electron chi connectivity index (χ0n) is 8.00. The van der Waals surface area contributed by atoms with Gasteiger partial charge in [-0.25, -0.2) is 4.98 Å². The van der Waals surface area contributed by atoms with E-state index in [2.05, 4.69) is 32.2 Å². The maximum Gasteiger partial charge on any atom is 0.151 e. The van der Waals surface area contributed by atoms with E-state index in [0.29, 0.717) is 6.54 Å². The highest BCUT2D eigenvalue weighted by Gasteiger charge is 2.08. The summed E-state index contributed by atoms with van der Waals surface area (Å²) in [5.74, 6) is 0. The molecule has 0 aliphatic carbocycles. The fourth-order valence-electron chi connectivity index (χ4n) is 1.57. The van der Waals surface area contributed by atoms with E-state index in [-0.39, 0.29) is 0 Å². The van der Waals surface area contributed by atoms with Crippen LogP contribution in [-0.2, 0) is 6.42 Å². The van der Waals surface area contributed by atoms with E-state index in [9.17, 15) is 0 Å². The van der Waals surface area contributed by atoms with Gasteiger partial charge in [0.1, 0.15) is 0 Å². The molecule has 2 rings (SSSR count). The van der Waals surface area contributed by atoms with Gasteiger partial charge in [-0.3, -0.25) is 0 Å². The maximum atomic E-state index is 5.53. The Balaban J connectivity index is 2.67. The highest BCUT2D eigenvalue weighted by molar-refractivity contribution is 9.10. The molecule has 0 aliphatic rings. The summed E-state index contributed by atoms with van der Waals surface area (Å²) in [6.07, 6.45) is 2.85. The standard InChI is InChI=1S/C10H12BrN3/c1-7-9(4-5-12)13-10-8(11)3-2-6-14(7)10/h2-3,6H,4-5,12H2,1H3. The molecule has 0 amide bonds. The molecule has 14 heavy (non-hydrogen) atoms. The monoisotopic (exact) mass is 253 g/mol. The molecule has 74 valence electrons. The third-order valence-electron chi connectivity index (χ3n) is 2.32. The number of aryl methyl sites for hydroxylation is 1. The summed E-state index contributed by atoms with van der Waals surface area (Å²) in [4.78, 5) is 4.54. The molecule has 3 nitrogen and oxygen atoms in total. The Labute approximate surface area is 91.1 Å². The van der Waals surface area contributed by atoms with Crippen molar-refractivity contribution in [2.75, 3.05) is 6.54 Å². The number of hydrogen-bond acceptors (Lipinski definition) is 2. The van der Waals surface area contributed by atoms with Crippen LogP contribution >= 0.6 is 15.9 Å². The van der Waals surface area contributed by atoms with Gasteiger partial charge in [0.25, 0.3) is 0 Å². The smallest absolute Gasteiger partial charge is 0.151 e. The quantitative estimate of drug-likeness (QED) is 0.889. The number of pyridine rings is 1. The largest absolute Gasteiger partial charge is 0.330 e. The molecule has 0 radical (unpaired) electrons. The zero-order valence-corrected chi connectivity index (χ0v) is 9.58. The van der Waals surface area contributed by atoms with Gasteiger partial charge in [-0.05, 0) is 41.5 Å². The third kappa shape index (κ3) is 1.44. The summed E-state index contributed by atoms with van der Waals surface area (Å²) in [5, 5.41) is 0. The lowest BCUT2D eigenvalue weighted by molar-refractivity contribution is 0.920. The van der Waals surface area contributed by atoms with Crippen molar-refractivity contribution in [1.29, 1.82) is 0 Å². The Morgan fingerprint density at radius 2 is 2.36 bits per heavy atom. The summed E-state index contributed by atoms with van der Waals surface area (Å²) < 4.78 is 3.10. The predicted octanol–water partition coefficient (Wildman–Crippen LogP) is 1.91. The molecule has 2 N–H and O–H groups in total. The van der Waals surface area contributed by atoms with Crippen LogP contribution in [0.4, 0.5) is 0 Å². The van der Waals surface area contributed by atoms with E-state index in [1.807, 2.05) is 18.3 Å². The summed E-state index contributed by atoms with van der Waals surface area (Å²) in [7, 11) is 0. The van der Waals surface area contributed by atoms with Crippen molar-refractivity contribution in [3.05, 3.63) is 34.2 Å². The van der Waals surface area contributed by atoms with Crippen molar-refractivity contribution in [2.45, 2.75) is 13.3 Å². The summed E-state index contributed by atoms with van der Waals surface area (Å²) in [5.41, 5.74) is 8.75. The summed E-state index contributed by atoms with van der Waals surface area (Å²) in [6, 6.07) is 3.99. The molecule has 0 unspecified atom stereocenters. The van der Waals surface area contributed by atoms with Crippen LogP contribution in [0.15, 0.2) is 22.8 Å². The van der Waals surface area contributed by atoms with E-state index < -0.39 is 0 Å². The Hall–Kier alpha value is -0.870. The predicted molar refractivity (Wildman–Crippen MR) is 60.4 cm³/mol. The highest BCUT2D eigenvalue weighted by Crippen LogP contribution is 2.20. The van der Waals surface area contributed by atoms with Crippen molar-refractivity contribution in [3.8, 4) is 0 Å². The zero-order chi connectivity index (χ0) is 10.1. The van der Waals surface area contributed by atoms with Crippen LogP contribution < -0.4 is 5.73 Å². The molecule has 0 aromatic carbocycles. The van der Waals surface area contributed by atoms with E-state index in [1.165, 1.54) is 5.69 Å². The topological polar surface area (TPSA) is 43.3 Å². The van der Waals surface area contributed by atoms with Gasteiger partial charge in [0, 0.05) is 18.3 Å². The second-order valence-corrected chi connectivity index (χ2v) is 4.09. The molecule has 2 heterocycles. The number of nitrogens with zero attached hydrogens (tertiary/aromatic N) is 2. The second-order valence-electron chi connectivity index (χ2n) is 3.23. The Morgan fingerprint density at radius 3 is 3.00 bits per heavy atom. The normalized spacial score (nSPS) is 11.1. The molecule has 0 saturated heterocycles. The van der Waals surface area contributed by atoms with Gasteiger partial charge in [-0.2, -0.15) is 0 Å². The van der Waals surface area contributed by atoms with Gasteiger partial charge in [-0.15, -0.1) is 0 Å². The molecule has 0 atom stereocenters. The van der Waals surface area contributed by atoms with Gasteiger partial charge >= 0.3 is 0 Å². The van der Waals surface area contributed by atoms with Crippen molar-refractivity contribution >= 4 is 21.6 Å². The van der Waals surface area contributed by atoms with Crippen LogP contribution in [0, 0.1) is 6.92 Å². The highest BCUT2D eigenvalue weighted by atomic mass is 79.9. The molecule has 2 aromatic rings. The summed E-state index contributed by atoms with van der Waals surface area (Å²) >= 11 is 3.48. The van der Waals surface area contributed by atoms with Gasteiger partial charge in [0.2, 0.25) is 0 Å².